The Morgan fingerprint density at radius 2 is 2.09 bits per heavy atom. The van der Waals surface area contributed by atoms with E-state index in [9.17, 15) is 0 Å². The first-order chi connectivity index (χ1) is 10.6. The van der Waals surface area contributed by atoms with E-state index >= 15 is 0 Å². The number of aromatic nitrogens is 3. The summed E-state index contributed by atoms with van der Waals surface area (Å²) in [5, 5.41) is 11.6. The van der Waals surface area contributed by atoms with Gasteiger partial charge in [0.05, 0.1) is 5.39 Å². The normalized spacial score (nSPS) is 11.0. The summed E-state index contributed by atoms with van der Waals surface area (Å²) < 4.78 is 0. The van der Waals surface area contributed by atoms with E-state index in [-0.39, 0.29) is 0 Å². The number of H-pyrrole nitrogens is 1. The minimum atomic E-state index is 0.392. The number of aromatic amines is 1. The Kier molecular flexibility index (Phi) is 3.50. The number of nitrogens with one attached hydrogen (secondary N) is 3. The average Bonchev–Trinajstić information content (AvgIpc) is 2.94. The maximum absolute atomic E-state index is 7.38. The summed E-state index contributed by atoms with van der Waals surface area (Å²) >= 11 is 0. The predicted molar refractivity (Wildman–Crippen MR) is 90.0 cm³/mol. The van der Waals surface area contributed by atoms with E-state index in [4.69, 9.17) is 11.1 Å². The first-order valence-electron chi connectivity index (χ1n) is 7.09. The molecule has 0 aliphatic carbocycles. The number of fused-ring (bicyclic) bond motifs is 1. The van der Waals surface area contributed by atoms with Crippen LogP contribution in [0.15, 0.2) is 30.6 Å². The largest absolute Gasteiger partial charge is 0.398 e. The Bertz CT molecular complexity index is 834. The monoisotopic (exact) mass is 294 g/mol. The summed E-state index contributed by atoms with van der Waals surface area (Å²) in [5.41, 5.74) is 9.83. The van der Waals surface area contributed by atoms with Crippen molar-refractivity contribution in [1.82, 2.24) is 15.0 Å². The maximum Gasteiger partial charge on any atom is 0.143 e. The molecule has 0 atom stereocenters. The highest BCUT2D eigenvalue weighted by Gasteiger charge is 2.10. The van der Waals surface area contributed by atoms with Gasteiger partial charge < -0.3 is 21.4 Å². The fourth-order valence-electron chi connectivity index (χ4n) is 2.29. The summed E-state index contributed by atoms with van der Waals surface area (Å²) in [6.45, 7) is 4.25. The van der Waals surface area contributed by atoms with Crippen LogP contribution in [-0.4, -0.2) is 21.2 Å². The van der Waals surface area contributed by atoms with Crippen LogP contribution >= 0.6 is 0 Å². The number of nitrogen functional groups attached to an aromatic ring is 1. The smallest absolute Gasteiger partial charge is 0.143 e. The topological polar surface area (TPSA) is 103 Å². The molecular formula is C16H18N6. The van der Waals surface area contributed by atoms with E-state index in [1.54, 1.807) is 6.07 Å². The van der Waals surface area contributed by atoms with E-state index in [0.29, 0.717) is 17.2 Å². The van der Waals surface area contributed by atoms with Crippen LogP contribution in [0.4, 0.5) is 17.2 Å². The van der Waals surface area contributed by atoms with E-state index in [2.05, 4.69) is 40.2 Å². The van der Waals surface area contributed by atoms with Crippen LogP contribution in [0.25, 0.3) is 11.0 Å². The molecule has 0 bridgehead atoms. The number of hydrogen-bond acceptors (Lipinski definition) is 5. The summed E-state index contributed by atoms with van der Waals surface area (Å²) in [6, 6.07) is 7.54. The zero-order valence-corrected chi connectivity index (χ0v) is 12.5. The second-order valence-corrected chi connectivity index (χ2v) is 5.48. The van der Waals surface area contributed by atoms with Gasteiger partial charge in [0.2, 0.25) is 0 Å². The van der Waals surface area contributed by atoms with Gasteiger partial charge in [-0.25, -0.2) is 9.97 Å². The van der Waals surface area contributed by atoms with Crippen molar-refractivity contribution < 1.29 is 0 Å². The van der Waals surface area contributed by atoms with Crippen molar-refractivity contribution in [3.8, 4) is 0 Å². The molecule has 0 radical (unpaired) electrons. The Hall–Kier alpha value is -2.89. The van der Waals surface area contributed by atoms with Crippen LogP contribution in [0.1, 0.15) is 31.0 Å². The lowest BCUT2D eigenvalue weighted by Crippen LogP contribution is -1.98. The number of hydrogen-bond donors (Lipinski definition) is 4. The highest BCUT2D eigenvalue weighted by molar-refractivity contribution is 5.91. The van der Waals surface area contributed by atoms with Gasteiger partial charge in [0.15, 0.2) is 0 Å². The summed E-state index contributed by atoms with van der Waals surface area (Å²) in [4.78, 5) is 11.9. The fourth-order valence-corrected chi connectivity index (χ4v) is 2.29. The number of benzene rings is 1. The standard InChI is InChI=1S/C16H18N6/c1-9(2)14-6-12-15(19-8-20-16(12)22-14)21-11-3-4-13(18)10(5-11)7-17/h3-9,17H,18H2,1-2H3,(H2,19,20,21,22). The highest BCUT2D eigenvalue weighted by atomic mass is 15.0. The molecule has 0 aliphatic rings. The van der Waals surface area contributed by atoms with E-state index < -0.39 is 0 Å². The van der Waals surface area contributed by atoms with Crippen LogP contribution in [-0.2, 0) is 0 Å². The second kappa shape index (κ2) is 5.48. The number of nitrogens with zero attached hydrogens (tertiary/aromatic N) is 2. The third-order valence-corrected chi connectivity index (χ3v) is 3.57. The number of rotatable bonds is 4. The lowest BCUT2D eigenvalue weighted by molar-refractivity contribution is 0.835. The van der Waals surface area contributed by atoms with E-state index in [1.807, 2.05) is 12.1 Å². The van der Waals surface area contributed by atoms with Crippen LogP contribution in [0, 0.1) is 5.41 Å². The van der Waals surface area contributed by atoms with Gasteiger partial charge in [-0.1, -0.05) is 13.8 Å². The molecule has 6 nitrogen and oxygen atoms in total. The van der Waals surface area contributed by atoms with Crippen LogP contribution in [0.2, 0.25) is 0 Å². The van der Waals surface area contributed by atoms with Crippen molar-refractivity contribution >= 4 is 34.4 Å². The molecule has 0 unspecified atom stereocenters. The molecule has 1 aromatic carbocycles. The van der Waals surface area contributed by atoms with Gasteiger partial charge in [0, 0.05) is 28.8 Å². The number of nitrogens with two attached hydrogens (primary N) is 1. The molecule has 112 valence electrons. The lowest BCUT2D eigenvalue weighted by atomic mass is 10.1. The van der Waals surface area contributed by atoms with Crippen molar-refractivity contribution in [2.75, 3.05) is 11.1 Å². The molecule has 0 saturated carbocycles. The Balaban J connectivity index is 2.01. The van der Waals surface area contributed by atoms with Crippen LogP contribution in [0.5, 0.6) is 0 Å². The molecule has 0 fully saturated rings. The van der Waals surface area contributed by atoms with Crippen molar-refractivity contribution in [3.05, 3.63) is 41.9 Å². The molecule has 0 aliphatic heterocycles. The van der Waals surface area contributed by atoms with Gasteiger partial charge in [-0.05, 0) is 30.2 Å². The molecule has 22 heavy (non-hydrogen) atoms. The molecule has 0 amide bonds. The second-order valence-electron chi connectivity index (χ2n) is 5.48. The first-order valence-corrected chi connectivity index (χ1v) is 7.09. The molecule has 3 aromatic rings. The van der Waals surface area contributed by atoms with Gasteiger partial charge in [-0.15, -0.1) is 0 Å². The van der Waals surface area contributed by atoms with Crippen molar-refractivity contribution in [3.63, 3.8) is 0 Å². The van der Waals surface area contributed by atoms with Gasteiger partial charge in [-0.2, -0.15) is 0 Å². The predicted octanol–water partition coefficient (Wildman–Crippen LogP) is 3.40. The minimum absolute atomic E-state index is 0.392. The lowest BCUT2D eigenvalue weighted by Gasteiger charge is -2.08. The van der Waals surface area contributed by atoms with Crippen LogP contribution < -0.4 is 11.1 Å². The Labute approximate surface area is 128 Å². The molecule has 5 N–H and O–H groups in total. The molecule has 2 aromatic heterocycles. The van der Waals surface area contributed by atoms with Gasteiger partial charge in [-0.3, -0.25) is 0 Å². The maximum atomic E-state index is 7.38. The molecule has 0 spiro atoms. The molecule has 3 rings (SSSR count). The molecule has 6 heteroatoms. The van der Waals surface area contributed by atoms with Gasteiger partial charge in [0.1, 0.15) is 17.8 Å². The van der Waals surface area contributed by atoms with E-state index in [1.165, 1.54) is 12.5 Å². The van der Waals surface area contributed by atoms with Crippen LogP contribution in [0.3, 0.4) is 0 Å². The highest BCUT2D eigenvalue weighted by Crippen LogP contribution is 2.27. The summed E-state index contributed by atoms with van der Waals surface area (Å²) in [7, 11) is 0. The Morgan fingerprint density at radius 3 is 2.82 bits per heavy atom. The molecule has 2 heterocycles. The average molecular weight is 294 g/mol. The first kappa shape index (κ1) is 14.1. The minimum Gasteiger partial charge on any atom is -0.398 e. The van der Waals surface area contributed by atoms with Gasteiger partial charge in [0.25, 0.3) is 0 Å². The Morgan fingerprint density at radius 1 is 1.27 bits per heavy atom. The SMILES string of the molecule is CC(C)c1cc2c(Nc3ccc(N)c(C=N)c3)ncnc2[nH]1. The molecular weight excluding hydrogens is 276 g/mol. The zero-order valence-electron chi connectivity index (χ0n) is 12.5. The third-order valence-electron chi connectivity index (χ3n) is 3.57. The van der Waals surface area contributed by atoms with Crippen molar-refractivity contribution in [1.29, 1.82) is 5.41 Å². The summed E-state index contributed by atoms with van der Waals surface area (Å²) in [6.07, 6.45) is 2.77. The summed E-state index contributed by atoms with van der Waals surface area (Å²) in [5.74, 6) is 1.12. The van der Waals surface area contributed by atoms with E-state index in [0.717, 1.165) is 28.2 Å². The van der Waals surface area contributed by atoms with Crippen molar-refractivity contribution in [2.45, 2.75) is 19.8 Å². The zero-order chi connectivity index (χ0) is 15.7. The number of anilines is 3. The quantitative estimate of drug-likeness (QED) is 0.437. The van der Waals surface area contributed by atoms with Crippen molar-refractivity contribution in [2.24, 2.45) is 0 Å². The third kappa shape index (κ3) is 2.50. The fraction of sp³-hybridized carbons (Fsp3) is 0.188. The molecule has 0 saturated heterocycles. The van der Waals surface area contributed by atoms with Gasteiger partial charge >= 0.3 is 0 Å².